The fraction of sp³-hybridized carbons (Fsp3) is 0.474. The monoisotopic (exact) mass is 755 g/mol. The molecular weight excluding hydrogens is 712 g/mol. The molecule has 4 atom stereocenters. The van der Waals surface area contributed by atoms with Gasteiger partial charge in [-0.3, -0.25) is 19.5 Å². The molecule has 11 nitrogen and oxygen atoms in total. The second kappa shape index (κ2) is 16.1. The van der Waals surface area contributed by atoms with Gasteiger partial charge < -0.3 is 19.9 Å². The van der Waals surface area contributed by atoms with Crippen LogP contribution in [0.15, 0.2) is 76.4 Å². The first-order chi connectivity index (χ1) is 25.4. The Balaban J connectivity index is 1.27. The molecule has 2 fully saturated rings. The van der Waals surface area contributed by atoms with Gasteiger partial charge in [-0.05, 0) is 49.4 Å². The van der Waals surface area contributed by atoms with Gasteiger partial charge in [0.25, 0.3) is 5.92 Å². The molecular formula is C38H44F3N5O6S. The molecule has 0 saturated carbocycles. The van der Waals surface area contributed by atoms with E-state index >= 15 is 8.78 Å². The molecule has 3 aliphatic heterocycles. The van der Waals surface area contributed by atoms with Crippen LogP contribution in [0.2, 0.25) is 0 Å². The van der Waals surface area contributed by atoms with Gasteiger partial charge in [0.05, 0.1) is 49.4 Å². The van der Waals surface area contributed by atoms with Crippen molar-refractivity contribution in [3.05, 3.63) is 98.9 Å². The van der Waals surface area contributed by atoms with Crippen molar-refractivity contribution in [1.82, 2.24) is 20.3 Å². The van der Waals surface area contributed by atoms with Crippen molar-refractivity contribution in [2.45, 2.75) is 77.3 Å². The predicted molar refractivity (Wildman–Crippen MR) is 191 cm³/mol. The number of hydrogen-bond acceptors (Lipinski definition) is 12. The van der Waals surface area contributed by atoms with Gasteiger partial charge in [-0.2, -0.15) is 5.06 Å². The second-order valence-corrected chi connectivity index (χ2v) is 14.3. The Morgan fingerprint density at radius 1 is 1.13 bits per heavy atom. The lowest BCUT2D eigenvalue weighted by Crippen LogP contribution is -2.52. The number of rotatable bonds is 14. The molecule has 6 rings (SSSR count). The van der Waals surface area contributed by atoms with E-state index in [0.29, 0.717) is 16.4 Å². The highest BCUT2D eigenvalue weighted by Crippen LogP contribution is 2.43. The van der Waals surface area contributed by atoms with Crippen molar-refractivity contribution in [3.63, 3.8) is 0 Å². The molecule has 2 aromatic carbocycles. The summed E-state index contributed by atoms with van der Waals surface area (Å²) in [5, 5.41) is 18.1. The van der Waals surface area contributed by atoms with Gasteiger partial charge in [-0.15, -0.1) is 11.3 Å². The number of halogens is 3. The molecule has 0 spiro atoms. The lowest BCUT2D eigenvalue weighted by atomic mass is 9.76. The number of aliphatic hydroxyl groups excluding tert-OH is 1. The standard InChI is InChI=1S/C38H44F3N5O6S/c1-5-37(6-2,36(49)51-20-24-12-9-8-10-13-24)29(47)19-46-32-28(21-52-46)45(22-38(32,40)41)18-27-30(35(48)50-7-3)31(25-14-11-15-26(39)23(25)4)44-33(43-27)34-42-16-17-53-34/h8-17,28-29,31-32,47H,5-7,18-22H2,1-4H3,(H,43,44)/t28-,29?,31+,32+/m1/s1. The Labute approximate surface area is 310 Å². The Morgan fingerprint density at radius 2 is 1.89 bits per heavy atom. The van der Waals surface area contributed by atoms with Crippen molar-refractivity contribution in [2.24, 2.45) is 10.4 Å². The number of amidine groups is 1. The number of aliphatic imine (C=N–C) groups is 1. The molecule has 15 heteroatoms. The lowest BCUT2D eigenvalue weighted by molar-refractivity contribution is -0.206. The number of carbonyl (C=O) groups is 2. The Hall–Kier alpha value is -4.15. The summed E-state index contributed by atoms with van der Waals surface area (Å²) in [6.45, 7) is 5.49. The predicted octanol–water partition coefficient (Wildman–Crippen LogP) is 5.34. The summed E-state index contributed by atoms with van der Waals surface area (Å²) < 4.78 is 58.2. The fourth-order valence-corrected chi connectivity index (χ4v) is 8.07. The molecule has 0 amide bonds. The Kier molecular flexibility index (Phi) is 11.7. The largest absolute Gasteiger partial charge is 0.463 e. The number of thiazole rings is 1. The molecule has 3 aromatic rings. The molecule has 0 radical (unpaired) electrons. The van der Waals surface area contributed by atoms with Gasteiger partial charge >= 0.3 is 11.9 Å². The molecule has 1 unspecified atom stereocenters. The first-order valence-corrected chi connectivity index (χ1v) is 18.6. The third kappa shape index (κ3) is 7.63. The van der Waals surface area contributed by atoms with Gasteiger partial charge in [-0.25, -0.2) is 22.9 Å². The lowest BCUT2D eigenvalue weighted by Gasteiger charge is -2.37. The van der Waals surface area contributed by atoms with E-state index < -0.39 is 59.9 Å². The highest BCUT2D eigenvalue weighted by atomic mass is 32.1. The summed E-state index contributed by atoms with van der Waals surface area (Å²) in [7, 11) is 0. The smallest absolute Gasteiger partial charge is 0.338 e. The average Bonchev–Trinajstić information content (AvgIpc) is 3.89. The summed E-state index contributed by atoms with van der Waals surface area (Å²) in [5.74, 6) is -4.81. The van der Waals surface area contributed by atoms with Crippen molar-refractivity contribution in [2.75, 3.05) is 32.8 Å². The molecule has 2 saturated heterocycles. The number of fused-ring (bicyclic) bond motifs is 1. The van der Waals surface area contributed by atoms with Crippen LogP contribution in [-0.2, 0) is 30.5 Å². The molecule has 3 aliphatic rings. The number of β-amino-alcohol motifs (C(OH)–C–C–N with tert-alkyl or cyclic N) is 1. The van der Waals surface area contributed by atoms with Crippen LogP contribution < -0.4 is 5.32 Å². The first kappa shape index (κ1) is 38.6. The number of alkyl halides is 2. The van der Waals surface area contributed by atoms with E-state index in [9.17, 15) is 19.1 Å². The molecule has 2 N–H and O–H groups in total. The van der Waals surface area contributed by atoms with E-state index in [1.54, 1.807) is 45.3 Å². The van der Waals surface area contributed by atoms with Crippen molar-refractivity contribution in [3.8, 4) is 0 Å². The van der Waals surface area contributed by atoms with Gasteiger partial charge in [-0.1, -0.05) is 56.3 Å². The van der Waals surface area contributed by atoms with Crippen LogP contribution in [0.5, 0.6) is 0 Å². The maximum atomic E-state index is 16.1. The summed E-state index contributed by atoms with van der Waals surface area (Å²) in [6, 6.07) is 10.3. The van der Waals surface area contributed by atoms with Gasteiger partial charge in [0.1, 0.15) is 24.5 Å². The van der Waals surface area contributed by atoms with Crippen LogP contribution in [0.1, 0.15) is 61.4 Å². The number of aromatic nitrogens is 1. The van der Waals surface area contributed by atoms with Gasteiger partial charge in [0.15, 0.2) is 10.8 Å². The van der Waals surface area contributed by atoms with E-state index in [1.807, 2.05) is 30.3 Å². The minimum atomic E-state index is -3.31. The van der Waals surface area contributed by atoms with Crippen LogP contribution in [0.3, 0.4) is 0 Å². The minimum absolute atomic E-state index is 0.0123. The quantitative estimate of drug-likeness (QED) is 0.208. The summed E-state index contributed by atoms with van der Waals surface area (Å²) in [5.41, 5.74) is 0.475. The number of benzene rings is 2. The molecule has 0 bridgehead atoms. The van der Waals surface area contributed by atoms with Crippen LogP contribution in [0.25, 0.3) is 0 Å². The molecule has 284 valence electrons. The first-order valence-electron chi connectivity index (χ1n) is 17.7. The molecule has 0 aliphatic carbocycles. The van der Waals surface area contributed by atoms with E-state index in [0.717, 1.165) is 10.6 Å². The number of ether oxygens (including phenoxy) is 2. The second-order valence-electron chi connectivity index (χ2n) is 13.4. The third-order valence-corrected chi connectivity index (χ3v) is 11.3. The van der Waals surface area contributed by atoms with Crippen molar-refractivity contribution < 1.29 is 42.2 Å². The number of hydrogen-bond donors (Lipinski definition) is 2. The number of likely N-dealkylation sites (tertiary alicyclic amines) is 1. The number of esters is 2. The normalized spacial score (nSPS) is 22.3. The van der Waals surface area contributed by atoms with Gasteiger partial charge in [0, 0.05) is 23.8 Å². The number of carbonyl (C=O) groups excluding carboxylic acids is 2. The van der Waals surface area contributed by atoms with Crippen LogP contribution in [0.4, 0.5) is 13.2 Å². The average molecular weight is 756 g/mol. The molecule has 53 heavy (non-hydrogen) atoms. The van der Waals surface area contributed by atoms with E-state index in [1.165, 1.54) is 28.4 Å². The zero-order chi connectivity index (χ0) is 37.9. The minimum Gasteiger partial charge on any atom is -0.463 e. The maximum Gasteiger partial charge on any atom is 0.338 e. The van der Waals surface area contributed by atoms with E-state index in [4.69, 9.17) is 19.3 Å². The Morgan fingerprint density at radius 3 is 2.57 bits per heavy atom. The zero-order valence-corrected chi connectivity index (χ0v) is 30.9. The highest BCUT2D eigenvalue weighted by Gasteiger charge is 2.61. The van der Waals surface area contributed by atoms with Crippen LogP contribution >= 0.6 is 11.3 Å². The number of aliphatic hydroxyl groups is 1. The fourth-order valence-electron chi connectivity index (χ4n) is 7.48. The van der Waals surface area contributed by atoms with Crippen molar-refractivity contribution >= 4 is 29.1 Å². The molecule has 1 aromatic heterocycles. The van der Waals surface area contributed by atoms with Crippen molar-refractivity contribution in [1.29, 1.82) is 0 Å². The number of nitrogens with zero attached hydrogens (tertiary/aromatic N) is 4. The third-order valence-electron chi connectivity index (χ3n) is 10.5. The van der Waals surface area contributed by atoms with Crippen LogP contribution in [-0.4, -0.2) is 94.8 Å². The van der Waals surface area contributed by atoms with Crippen LogP contribution in [0, 0.1) is 18.2 Å². The summed E-state index contributed by atoms with van der Waals surface area (Å²) in [6.07, 6.45) is 0.646. The number of hydroxylamine groups is 2. The van der Waals surface area contributed by atoms with E-state index in [-0.39, 0.29) is 62.6 Å². The topological polar surface area (TPSA) is 126 Å². The maximum absolute atomic E-state index is 16.1. The van der Waals surface area contributed by atoms with Gasteiger partial charge in [0.2, 0.25) is 0 Å². The zero-order valence-electron chi connectivity index (χ0n) is 30.1. The summed E-state index contributed by atoms with van der Waals surface area (Å²) >= 11 is 1.29. The highest BCUT2D eigenvalue weighted by molar-refractivity contribution is 7.11. The number of nitrogens with one attached hydrogen (secondary N) is 1. The van der Waals surface area contributed by atoms with E-state index in [2.05, 4.69) is 10.3 Å². The summed E-state index contributed by atoms with van der Waals surface area (Å²) in [4.78, 5) is 43.7. The Bertz CT molecular complexity index is 1840. The SMILES string of the molecule is CCOC(=O)C1=C(CN2CC(F)(F)[C@@H]3[C@H]2CON3CC(O)C(CC)(CC)C(=O)OCc2ccccc2)NC(c2nccs2)=N[C@H]1c1cccc(F)c1C. The molecule has 4 heterocycles.